The number of carbonyl (C=O) groups excluding carboxylic acids is 1. The number of aryl methyl sites for hydroxylation is 1. The molecule has 1 amide bonds. The van der Waals surface area contributed by atoms with Crippen molar-refractivity contribution >= 4 is 11.9 Å². The van der Waals surface area contributed by atoms with Gasteiger partial charge in [-0.25, -0.2) is 4.79 Å². The highest BCUT2D eigenvalue weighted by Gasteiger charge is 2.21. The lowest BCUT2D eigenvalue weighted by Crippen LogP contribution is -2.41. The van der Waals surface area contributed by atoms with Crippen molar-refractivity contribution in [1.29, 1.82) is 0 Å². The molecule has 1 unspecified atom stereocenters. The van der Waals surface area contributed by atoms with Crippen LogP contribution < -0.4 is 5.32 Å². The highest BCUT2D eigenvalue weighted by atomic mass is 16.4. The first-order chi connectivity index (χ1) is 8.06. The Hall–Kier alpha value is -1.95. The third-order valence-corrected chi connectivity index (χ3v) is 2.25. The molecule has 1 heterocycles. The van der Waals surface area contributed by atoms with Gasteiger partial charge in [0, 0.05) is 19.2 Å². The van der Waals surface area contributed by atoms with Gasteiger partial charge in [-0.15, -0.1) is 0 Å². The highest BCUT2D eigenvalue weighted by molar-refractivity contribution is 5.96. The van der Waals surface area contributed by atoms with Crippen LogP contribution in [0.5, 0.6) is 0 Å². The molecule has 0 bridgehead atoms. The molecule has 3 N–H and O–H groups in total. The van der Waals surface area contributed by atoms with Crippen LogP contribution in [0.2, 0.25) is 0 Å². The molecule has 1 aromatic heterocycles. The Labute approximate surface area is 98.3 Å². The van der Waals surface area contributed by atoms with Gasteiger partial charge < -0.3 is 15.5 Å². The summed E-state index contributed by atoms with van der Waals surface area (Å²) in [7, 11) is 0. The van der Waals surface area contributed by atoms with Crippen molar-refractivity contribution in [2.75, 3.05) is 6.61 Å². The molecule has 1 aromatic rings. The second-order valence-corrected chi connectivity index (χ2v) is 3.55. The maximum absolute atomic E-state index is 11.7. The SMILES string of the molecule is Cc1cccnc1C(=O)NC(CCO)C(=O)O. The molecular weight excluding hydrogens is 224 g/mol. The van der Waals surface area contributed by atoms with Crippen LogP contribution in [0.25, 0.3) is 0 Å². The number of hydrogen-bond donors (Lipinski definition) is 3. The standard InChI is InChI=1S/C11H14N2O4/c1-7-3-2-5-12-9(7)10(15)13-8(4-6-14)11(16)17/h2-3,5,8,14H,4,6H2,1H3,(H,13,15)(H,16,17). The lowest BCUT2D eigenvalue weighted by molar-refractivity contribution is -0.139. The minimum atomic E-state index is -1.18. The number of aliphatic hydroxyl groups excluding tert-OH is 1. The monoisotopic (exact) mass is 238 g/mol. The van der Waals surface area contributed by atoms with Crippen LogP contribution in [0.4, 0.5) is 0 Å². The zero-order valence-corrected chi connectivity index (χ0v) is 9.38. The minimum Gasteiger partial charge on any atom is -0.480 e. The average Bonchev–Trinajstić information content (AvgIpc) is 2.28. The number of carbonyl (C=O) groups is 2. The Bertz CT molecular complexity index is 420. The highest BCUT2D eigenvalue weighted by Crippen LogP contribution is 2.04. The molecule has 0 saturated carbocycles. The largest absolute Gasteiger partial charge is 0.480 e. The molecule has 92 valence electrons. The Morgan fingerprint density at radius 2 is 2.24 bits per heavy atom. The molecule has 6 nitrogen and oxygen atoms in total. The van der Waals surface area contributed by atoms with Gasteiger partial charge in [-0.1, -0.05) is 6.07 Å². The smallest absolute Gasteiger partial charge is 0.326 e. The van der Waals surface area contributed by atoms with E-state index in [4.69, 9.17) is 10.2 Å². The summed E-state index contributed by atoms with van der Waals surface area (Å²) >= 11 is 0. The molecular formula is C11H14N2O4. The van der Waals surface area contributed by atoms with Gasteiger partial charge in [-0.05, 0) is 18.6 Å². The van der Waals surface area contributed by atoms with Gasteiger partial charge in [0.1, 0.15) is 11.7 Å². The molecule has 0 aliphatic heterocycles. The maximum atomic E-state index is 11.7. The van der Waals surface area contributed by atoms with Crippen LogP contribution in [-0.2, 0) is 4.79 Å². The zero-order valence-electron chi connectivity index (χ0n) is 9.38. The van der Waals surface area contributed by atoms with Crippen LogP contribution in [0, 0.1) is 6.92 Å². The lowest BCUT2D eigenvalue weighted by Gasteiger charge is -2.13. The van der Waals surface area contributed by atoms with Gasteiger partial charge in [0.05, 0.1) is 0 Å². The van der Waals surface area contributed by atoms with Gasteiger partial charge in [0.15, 0.2) is 0 Å². The van der Waals surface area contributed by atoms with E-state index in [0.29, 0.717) is 5.56 Å². The third-order valence-electron chi connectivity index (χ3n) is 2.25. The number of rotatable bonds is 5. The van der Waals surface area contributed by atoms with Crippen LogP contribution >= 0.6 is 0 Å². The van der Waals surface area contributed by atoms with Crippen molar-refractivity contribution < 1.29 is 19.8 Å². The van der Waals surface area contributed by atoms with E-state index in [0.717, 1.165) is 0 Å². The van der Waals surface area contributed by atoms with Crippen molar-refractivity contribution in [3.05, 3.63) is 29.6 Å². The summed E-state index contributed by atoms with van der Waals surface area (Å²) in [5.74, 6) is -1.73. The van der Waals surface area contributed by atoms with Gasteiger partial charge >= 0.3 is 5.97 Å². The van der Waals surface area contributed by atoms with E-state index >= 15 is 0 Å². The number of aromatic nitrogens is 1. The summed E-state index contributed by atoms with van der Waals surface area (Å²) < 4.78 is 0. The average molecular weight is 238 g/mol. The van der Waals surface area contributed by atoms with E-state index < -0.39 is 17.9 Å². The number of carboxylic acid groups (broad SMARTS) is 1. The van der Waals surface area contributed by atoms with E-state index in [1.165, 1.54) is 6.20 Å². The summed E-state index contributed by atoms with van der Waals surface area (Å²) in [5.41, 5.74) is 0.856. The van der Waals surface area contributed by atoms with Crippen molar-refractivity contribution in [1.82, 2.24) is 10.3 Å². The van der Waals surface area contributed by atoms with Crippen LogP contribution in [-0.4, -0.2) is 39.7 Å². The van der Waals surface area contributed by atoms with E-state index in [9.17, 15) is 9.59 Å². The number of carboxylic acids is 1. The Balaban J connectivity index is 2.77. The fraction of sp³-hybridized carbons (Fsp3) is 0.364. The molecule has 0 aliphatic carbocycles. The van der Waals surface area contributed by atoms with Gasteiger partial charge in [-0.3, -0.25) is 9.78 Å². The van der Waals surface area contributed by atoms with Crippen molar-refractivity contribution in [2.24, 2.45) is 0 Å². The molecule has 0 spiro atoms. The Morgan fingerprint density at radius 1 is 1.53 bits per heavy atom. The molecule has 0 aliphatic rings. The van der Waals surface area contributed by atoms with E-state index in [-0.39, 0.29) is 18.7 Å². The number of aliphatic hydroxyl groups is 1. The quantitative estimate of drug-likeness (QED) is 0.668. The molecule has 0 radical (unpaired) electrons. The predicted octanol–water partition coefficient (Wildman–Crippen LogP) is -0.0446. The predicted molar refractivity (Wildman–Crippen MR) is 59.6 cm³/mol. The summed E-state index contributed by atoms with van der Waals surface area (Å²) in [6.45, 7) is 1.40. The second kappa shape index (κ2) is 5.95. The summed E-state index contributed by atoms with van der Waals surface area (Å²) in [6.07, 6.45) is 1.43. The number of pyridine rings is 1. The Kier molecular flexibility index (Phi) is 4.59. The summed E-state index contributed by atoms with van der Waals surface area (Å²) in [6, 6.07) is 2.30. The van der Waals surface area contributed by atoms with E-state index in [1.807, 2.05) is 0 Å². The summed E-state index contributed by atoms with van der Waals surface area (Å²) in [5, 5.41) is 19.8. The number of aliphatic carboxylic acids is 1. The van der Waals surface area contributed by atoms with Crippen LogP contribution in [0.15, 0.2) is 18.3 Å². The van der Waals surface area contributed by atoms with Gasteiger partial charge in [-0.2, -0.15) is 0 Å². The first kappa shape index (κ1) is 13.1. The molecule has 0 fully saturated rings. The first-order valence-electron chi connectivity index (χ1n) is 5.12. The topological polar surface area (TPSA) is 99.5 Å². The van der Waals surface area contributed by atoms with Gasteiger partial charge in [0.25, 0.3) is 5.91 Å². The summed E-state index contributed by atoms with van der Waals surface area (Å²) in [4.78, 5) is 26.4. The maximum Gasteiger partial charge on any atom is 0.326 e. The third kappa shape index (κ3) is 3.53. The van der Waals surface area contributed by atoms with Crippen LogP contribution in [0.1, 0.15) is 22.5 Å². The normalized spacial score (nSPS) is 11.9. The van der Waals surface area contributed by atoms with Crippen molar-refractivity contribution in [3.63, 3.8) is 0 Å². The molecule has 1 atom stereocenters. The van der Waals surface area contributed by atoms with Crippen molar-refractivity contribution in [2.45, 2.75) is 19.4 Å². The minimum absolute atomic E-state index is 0.0348. The molecule has 0 aromatic carbocycles. The number of nitrogens with one attached hydrogen (secondary N) is 1. The number of hydrogen-bond acceptors (Lipinski definition) is 4. The Morgan fingerprint density at radius 3 is 2.76 bits per heavy atom. The van der Waals surface area contributed by atoms with Gasteiger partial charge in [0.2, 0.25) is 0 Å². The number of amides is 1. The fourth-order valence-electron chi connectivity index (χ4n) is 1.34. The second-order valence-electron chi connectivity index (χ2n) is 3.55. The van der Waals surface area contributed by atoms with Crippen LogP contribution in [0.3, 0.4) is 0 Å². The van der Waals surface area contributed by atoms with E-state index in [1.54, 1.807) is 19.1 Å². The molecule has 0 saturated heterocycles. The molecule has 1 rings (SSSR count). The van der Waals surface area contributed by atoms with E-state index in [2.05, 4.69) is 10.3 Å². The molecule has 6 heteroatoms. The fourth-order valence-corrected chi connectivity index (χ4v) is 1.34. The first-order valence-corrected chi connectivity index (χ1v) is 5.12. The zero-order chi connectivity index (χ0) is 12.8. The molecule has 17 heavy (non-hydrogen) atoms. The number of nitrogens with zero attached hydrogens (tertiary/aromatic N) is 1. The van der Waals surface area contributed by atoms with Crippen molar-refractivity contribution in [3.8, 4) is 0 Å². The lowest BCUT2D eigenvalue weighted by atomic mass is 10.1.